The summed E-state index contributed by atoms with van der Waals surface area (Å²) < 4.78 is 173. The van der Waals surface area contributed by atoms with Gasteiger partial charge >= 0.3 is 0 Å². The summed E-state index contributed by atoms with van der Waals surface area (Å²) in [5, 5.41) is 1.22. The average Bonchev–Trinajstić information content (AvgIpc) is 3.75. The van der Waals surface area contributed by atoms with E-state index in [9.17, 15) is 4.11 Å². The maximum Gasteiger partial charge on any atom is 0.136 e. The first-order valence-electron chi connectivity index (χ1n) is 24.8. The molecule has 0 radical (unpaired) electrons. The number of rotatable bonds is 4. The van der Waals surface area contributed by atoms with E-state index in [1.807, 2.05) is 0 Å². The van der Waals surface area contributed by atoms with Gasteiger partial charge in [0, 0.05) is 10.8 Å². The monoisotopic (exact) mass is 641 g/mol. The lowest BCUT2D eigenvalue weighted by Gasteiger charge is -2.19. The second-order valence-electron chi connectivity index (χ2n) is 11.4. The number of fused-ring (bicyclic) bond motifs is 6. The van der Waals surface area contributed by atoms with Crippen LogP contribution in [-0.2, 0) is 0 Å². The number of furan rings is 1. The molecule has 0 unspecified atom stereocenters. The van der Waals surface area contributed by atoms with Crippen molar-refractivity contribution in [1.29, 1.82) is 0 Å². The van der Waals surface area contributed by atoms with Crippen molar-refractivity contribution in [3.63, 3.8) is 0 Å². The Morgan fingerprint density at radius 1 is 0.367 bits per heavy atom. The molecule has 0 fully saturated rings. The second-order valence-corrected chi connectivity index (χ2v) is 11.4. The highest BCUT2D eigenvalue weighted by atomic mass is 16.3. The summed E-state index contributed by atoms with van der Waals surface area (Å²) in [7, 11) is 0. The van der Waals surface area contributed by atoms with Crippen LogP contribution >= 0.6 is 0 Å². The van der Waals surface area contributed by atoms with Gasteiger partial charge in [0.15, 0.2) is 0 Å². The van der Waals surface area contributed by atoms with Crippen LogP contribution in [0.5, 0.6) is 0 Å². The van der Waals surface area contributed by atoms with Gasteiger partial charge in [-0.1, -0.05) is 151 Å². The van der Waals surface area contributed by atoms with Crippen molar-refractivity contribution in [2.75, 3.05) is 0 Å². The summed E-state index contributed by atoms with van der Waals surface area (Å²) in [6.45, 7) is 0. The zero-order valence-electron chi connectivity index (χ0n) is 44.3. The molecule has 1 heteroatoms. The molecule has 49 heavy (non-hydrogen) atoms. The van der Waals surface area contributed by atoms with Crippen molar-refractivity contribution in [3.05, 3.63) is 182 Å². The van der Waals surface area contributed by atoms with Gasteiger partial charge in [0.25, 0.3) is 0 Å². The fourth-order valence-electron chi connectivity index (χ4n) is 6.58. The predicted molar refractivity (Wildman–Crippen MR) is 208 cm³/mol. The third kappa shape index (κ3) is 4.47. The van der Waals surface area contributed by atoms with Crippen molar-refractivity contribution in [2.24, 2.45) is 0 Å². The maximum atomic E-state index is 9.68. The number of hydrogen-bond acceptors (Lipinski definition) is 1. The standard InChI is InChI=1S/C48H30O/c1-3-13-31(14-4-1)37-25-23-35(28-43(37)32-15-5-2-6-16-32)47-39-19-9-11-21-41(39)48(42-22-12-10-20-40(42)47)36-24-26-38-44-27-33-17-7-8-18-34(33)29-46(44)49-45(38)30-36/h1-30H/i1D,2D,3D,4D,5D,6D,7D,8D,13D,14D,15D,16D,17D,18D,24D,26D,27D,29D,30D. The van der Waals surface area contributed by atoms with Crippen LogP contribution in [0.25, 0.3) is 98.8 Å². The van der Waals surface area contributed by atoms with Crippen LogP contribution in [-0.4, -0.2) is 0 Å². The van der Waals surface area contributed by atoms with E-state index in [-0.39, 0.29) is 66.6 Å². The van der Waals surface area contributed by atoms with Gasteiger partial charge in [-0.3, -0.25) is 0 Å². The van der Waals surface area contributed by atoms with Gasteiger partial charge in [-0.05, 0) is 107 Å². The molecule has 0 aliphatic heterocycles. The van der Waals surface area contributed by atoms with E-state index in [2.05, 4.69) is 0 Å². The van der Waals surface area contributed by atoms with Gasteiger partial charge in [-0.2, -0.15) is 0 Å². The molecule has 1 aromatic heterocycles. The molecule has 0 N–H and O–H groups in total. The largest absolute Gasteiger partial charge is 0.456 e. The zero-order chi connectivity index (χ0) is 48.8. The topological polar surface area (TPSA) is 13.1 Å². The third-order valence-electron chi connectivity index (χ3n) is 8.66. The van der Waals surface area contributed by atoms with E-state index in [1.165, 1.54) is 6.07 Å². The number of benzene rings is 9. The molecule has 0 saturated carbocycles. The molecule has 10 rings (SSSR count). The maximum absolute atomic E-state index is 9.68. The molecule has 0 bridgehead atoms. The fraction of sp³-hybridized carbons (Fsp3) is 0. The highest BCUT2D eigenvalue weighted by molar-refractivity contribution is 6.22. The molecular weight excluding hydrogens is 593 g/mol. The van der Waals surface area contributed by atoms with Crippen LogP contribution in [0, 0.1) is 0 Å². The van der Waals surface area contributed by atoms with Crippen LogP contribution in [0.15, 0.2) is 186 Å². The Bertz CT molecular complexity index is 3850. The van der Waals surface area contributed by atoms with E-state index >= 15 is 0 Å². The highest BCUT2D eigenvalue weighted by Crippen LogP contribution is 2.46. The molecule has 0 aliphatic rings. The normalized spacial score (nSPS) is 17.1. The van der Waals surface area contributed by atoms with Crippen molar-refractivity contribution < 1.29 is 30.5 Å². The summed E-state index contributed by atoms with van der Waals surface area (Å²) in [5.41, 5.74) is 0.195. The zero-order valence-corrected chi connectivity index (χ0v) is 25.3. The molecule has 228 valence electrons. The number of hydrogen-bond donors (Lipinski definition) is 0. The van der Waals surface area contributed by atoms with Crippen molar-refractivity contribution >= 4 is 54.3 Å². The molecular formula is C48H30O. The fourth-order valence-corrected chi connectivity index (χ4v) is 6.58. The summed E-state index contributed by atoms with van der Waals surface area (Å²) >= 11 is 0. The van der Waals surface area contributed by atoms with Gasteiger partial charge in [0.1, 0.15) is 11.2 Å². The van der Waals surface area contributed by atoms with Gasteiger partial charge in [-0.15, -0.1) is 0 Å². The smallest absolute Gasteiger partial charge is 0.136 e. The van der Waals surface area contributed by atoms with Crippen LogP contribution in [0.3, 0.4) is 0 Å². The van der Waals surface area contributed by atoms with Crippen LogP contribution in [0.4, 0.5) is 0 Å². The molecule has 0 atom stereocenters. The van der Waals surface area contributed by atoms with Crippen molar-refractivity contribution in [3.8, 4) is 44.5 Å². The van der Waals surface area contributed by atoms with Crippen molar-refractivity contribution in [1.82, 2.24) is 0 Å². The van der Waals surface area contributed by atoms with E-state index in [4.69, 9.17) is 26.3 Å². The lowest BCUT2D eigenvalue weighted by molar-refractivity contribution is 0.669. The van der Waals surface area contributed by atoms with E-state index in [0.717, 1.165) is 0 Å². The molecule has 0 amide bonds. The molecule has 10 aromatic rings. The summed E-state index contributed by atoms with van der Waals surface area (Å²) in [5.74, 6) is 0. The Labute approximate surface area is 311 Å². The lowest BCUT2D eigenvalue weighted by atomic mass is 9.84. The van der Waals surface area contributed by atoms with Gasteiger partial charge < -0.3 is 4.42 Å². The van der Waals surface area contributed by atoms with E-state index in [0.29, 0.717) is 38.2 Å². The van der Waals surface area contributed by atoms with Crippen molar-refractivity contribution in [2.45, 2.75) is 0 Å². The SMILES string of the molecule is [2H]c1c([2H])c([2H])c(-c2ccc(-c3c4ccccc4c(-c4c([2H])c([2H])c5c(oc6c([2H])c7c([2H])c([2H])c([2H])c([2H])c7c([2H])c65)c4[2H])c4ccccc34)cc2-c2c([2H])c([2H])c([2H])c([2H])c2[2H])c([2H])c1[2H]. The average molecular weight is 642 g/mol. The minimum atomic E-state index is -0.654. The Kier molecular flexibility index (Phi) is 3.34. The second kappa shape index (κ2) is 11.1. The third-order valence-corrected chi connectivity index (χ3v) is 8.66. The Morgan fingerprint density at radius 2 is 0.898 bits per heavy atom. The Balaban J connectivity index is 1.31. The summed E-state index contributed by atoms with van der Waals surface area (Å²) in [6, 6.07) is 8.05. The minimum Gasteiger partial charge on any atom is -0.456 e. The molecule has 0 aliphatic carbocycles. The molecule has 0 saturated heterocycles. The predicted octanol–water partition coefficient (Wildman–Crippen LogP) is 13.7. The molecule has 9 aromatic carbocycles. The first kappa shape index (κ1) is 14.8. The first-order chi connectivity index (χ1) is 32.2. The highest BCUT2D eigenvalue weighted by Gasteiger charge is 2.19. The lowest BCUT2D eigenvalue weighted by Crippen LogP contribution is -1.92. The van der Waals surface area contributed by atoms with Gasteiger partial charge in [0.05, 0.1) is 26.0 Å². The molecule has 0 spiro atoms. The molecule has 1 nitrogen and oxygen atoms in total. The van der Waals surface area contributed by atoms with Crippen LogP contribution in [0.1, 0.15) is 26.0 Å². The van der Waals surface area contributed by atoms with Gasteiger partial charge in [-0.25, -0.2) is 0 Å². The summed E-state index contributed by atoms with van der Waals surface area (Å²) in [6.07, 6.45) is 0. The van der Waals surface area contributed by atoms with Gasteiger partial charge in [0.2, 0.25) is 0 Å². The van der Waals surface area contributed by atoms with E-state index in [1.54, 1.807) is 60.7 Å². The summed E-state index contributed by atoms with van der Waals surface area (Å²) in [4.78, 5) is 0. The quantitative estimate of drug-likeness (QED) is 0.174. The van der Waals surface area contributed by atoms with Crippen LogP contribution in [0.2, 0.25) is 0 Å². The van der Waals surface area contributed by atoms with Crippen LogP contribution < -0.4 is 0 Å². The Hall–Kier alpha value is -6.44. The molecule has 1 heterocycles. The van der Waals surface area contributed by atoms with E-state index < -0.39 is 109 Å². The minimum absolute atomic E-state index is 0.00654. The first-order valence-corrected chi connectivity index (χ1v) is 15.3. The Morgan fingerprint density at radius 3 is 1.53 bits per heavy atom.